The minimum absolute atomic E-state index is 0.141. The zero-order chi connectivity index (χ0) is 14.0. The van der Waals surface area contributed by atoms with Gasteiger partial charge < -0.3 is 5.32 Å². The first-order chi connectivity index (χ1) is 8.97. The summed E-state index contributed by atoms with van der Waals surface area (Å²) in [4.78, 5) is 16.4. The van der Waals surface area contributed by atoms with Crippen molar-refractivity contribution in [1.82, 2.24) is 4.98 Å². The van der Waals surface area contributed by atoms with Gasteiger partial charge in [0.2, 0.25) is 0 Å². The number of benzene rings is 1. The summed E-state index contributed by atoms with van der Waals surface area (Å²) < 4.78 is 0.927. The number of carbonyl (C=O) groups excluding carboxylic acids is 1. The predicted octanol–water partition coefficient (Wildman–Crippen LogP) is 4.02. The lowest BCUT2D eigenvalue weighted by molar-refractivity contribution is 0.102. The Balaban J connectivity index is 2.20. The lowest BCUT2D eigenvalue weighted by atomic mass is 10.1. The molecular weight excluding hydrogens is 304 g/mol. The summed E-state index contributed by atoms with van der Waals surface area (Å²) in [5.74, 6) is 0.418. The summed E-state index contributed by atoms with van der Waals surface area (Å²) in [6.07, 6.45) is 0. The molecule has 0 saturated carbocycles. The second-order valence-electron chi connectivity index (χ2n) is 4.52. The lowest BCUT2D eigenvalue weighted by Crippen LogP contribution is -2.13. The maximum absolute atomic E-state index is 12.1. The SMILES string of the molecule is Cc1ccc(C(=O)Nc2ccc(Br)c(C)n2)cc1C. The number of amides is 1. The number of hydrogen-bond donors (Lipinski definition) is 1. The molecule has 0 aliphatic carbocycles. The van der Waals surface area contributed by atoms with Gasteiger partial charge >= 0.3 is 0 Å². The van der Waals surface area contributed by atoms with E-state index in [1.165, 1.54) is 5.56 Å². The van der Waals surface area contributed by atoms with Crippen molar-refractivity contribution < 1.29 is 4.79 Å². The Bertz CT molecular complexity index is 638. The number of rotatable bonds is 2. The molecule has 0 unspecified atom stereocenters. The predicted molar refractivity (Wildman–Crippen MR) is 80.5 cm³/mol. The van der Waals surface area contributed by atoms with Crippen LogP contribution in [0.15, 0.2) is 34.8 Å². The molecule has 0 fully saturated rings. The van der Waals surface area contributed by atoms with Crippen LogP contribution in [0.5, 0.6) is 0 Å². The molecule has 0 radical (unpaired) electrons. The molecule has 1 aromatic heterocycles. The van der Waals surface area contributed by atoms with Gasteiger partial charge in [0.25, 0.3) is 5.91 Å². The standard InChI is InChI=1S/C15H15BrN2O/c1-9-4-5-12(8-10(9)2)15(19)18-14-7-6-13(16)11(3)17-14/h4-8H,1-3H3,(H,17,18,19). The summed E-state index contributed by atoms with van der Waals surface area (Å²) in [7, 11) is 0. The Morgan fingerprint density at radius 1 is 1.11 bits per heavy atom. The fourth-order valence-corrected chi connectivity index (χ4v) is 1.91. The highest BCUT2D eigenvalue weighted by molar-refractivity contribution is 9.10. The van der Waals surface area contributed by atoms with Crippen molar-refractivity contribution in [2.24, 2.45) is 0 Å². The molecule has 4 heteroatoms. The van der Waals surface area contributed by atoms with Crippen LogP contribution in [0.1, 0.15) is 27.2 Å². The molecule has 2 rings (SSSR count). The Labute approximate surface area is 121 Å². The van der Waals surface area contributed by atoms with Gasteiger partial charge in [-0.2, -0.15) is 0 Å². The van der Waals surface area contributed by atoms with Gasteiger partial charge in [0.15, 0.2) is 0 Å². The van der Waals surface area contributed by atoms with E-state index in [-0.39, 0.29) is 5.91 Å². The van der Waals surface area contributed by atoms with Crippen LogP contribution in [0.2, 0.25) is 0 Å². The van der Waals surface area contributed by atoms with Crippen LogP contribution in [0.3, 0.4) is 0 Å². The second-order valence-corrected chi connectivity index (χ2v) is 5.37. The summed E-state index contributed by atoms with van der Waals surface area (Å²) in [6, 6.07) is 9.30. The fourth-order valence-electron chi connectivity index (χ4n) is 1.68. The van der Waals surface area contributed by atoms with Crippen LogP contribution >= 0.6 is 15.9 Å². The third-order valence-corrected chi connectivity index (χ3v) is 3.87. The largest absolute Gasteiger partial charge is 0.307 e. The van der Waals surface area contributed by atoms with Gasteiger partial charge in [0.1, 0.15) is 5.82 Å². The van der Waals surface area contributed by atoms with Gasteiger partial charge in [0, 0.05) is 10.0 Å². The van der Waals surface area contributed by atoms with E-state index in [1.807, 2.05) is 45.0 Å². The third kappa shape index (κ3) is 3.20. The monoisotopic (exact) mass is 318 g/mol. The van der Waals surface area contributed by atoms with Crippen molar-refractivity contribution in [3.8, 4) is 0 Å². The summed E-state index contributed by atoms with van der Waals surface area (Å²) in [6.45, 7) is 5.90. The van der Waals surface area contributed by atoms with Crippen LogP contribution < -0.4 is 5.32 Å². The number of anilines is 1. The molecule has 19 heavy (non-hydrogen) atoms. The van der Waals surface area contributed by atoms with Gasteiger partial charge in [0.05, 0.1) is 5.69 Å². The lowest BCUT2D eigenvalue weighted by Gasteiger charge is -2.07. The number of pyridine rings is 1. The molecule has 1 aromatic carbocycles. The van der Waals surface area contributed by atoms with E-state index >= 15 is 0 Å². The maximum atomic E-state index is 12.1. The van der Waals surface area contributed by atoms with Crippen LogP contribution in [0, 0.1) is 20.8 Å². The average Bonchev–Trinajstić information content (AvgIpc) is 2.37. The number of hydrogen-bond acceptors (Lipinski definition) is 2. The molecule has 2 aromatic rings. The topological polar surface area (TPSA) is 42.0 Å². The zero-order valence-electron chi connectivity index (χ0n) is 11.1. The molecule has 1 heterocycles. The summed E-state index contributed by atoms with van der Waals surface area (Å²) in [5, 5.41) is 2.80. The van der Waals surface area contributed by atoms with Crippen LogP contribution in [0.4, 0.5) is 5.82 Å². The molecule has 0 aliphatic heterocycles. The average molecular weight is 319 g/mol. The third-order valence-electron chi connectivity index (χ3n) is 3.03. The fraction of sp³-hybridized carbons (Fsp3) is 0.200. The highest BCUT2D eigenvalue weighted by Crippen LogP contribution is 2.17. The van der Waals surface area contributed by atoms with Crippen molar-refractivity contribution in [3.63, 3.8) is 0 Å². The Hall–Kier alpha value is -1.68. The maximum Gasteiger partial charge on any atom is 0.256 e. The number of nitrogens with one attached hydrogen (secondary N) is 1. The van der Waals surface area contributed by atoms with Crippen molar-refractivity contribution in [1.29, 1.82) is 0 Å². The van der Waals surface area contributed by atoms with E-state index < -0.39 is 0 Å². The van der Waals surface area contributed by atoms with Gasteiger partial charge in [-0.15, -0.1) is 0 Å². The molecule has 1 amide bonds. The summed E-state index contributed by atoms with van der Waals surface area (Å²) in [5.41, 5.74) is 3.77. The van der Waals surface area contributed by atoms with Gasteiger partial charge in [-0.3, -0.25) is 4.79 Å². The van der Waals surface area contributed by atoms with Crippen molar-refractivity contribution in [2.45, 2.75) is 20.8 Å². The first-order valence-corrected chi connectivity index (χ1v) is 6.78. The van der Waals surface area contributed by atoms with Crippen molar-refractivity contribution in [2.75, 3.05) is 5.32 Å². The highest BCUT2D eigenvalue weighted by atomic mass is 79.9. The van der Waals surface area contributed by atoms with Crippen molar-refractivity contribution >= 4 is 27.7 Å². The number of halogens is 1. The first-order valence-electron chi connectivity index (χ1n) is 5.99. The van der Waals surface area contributed by atoms with Crippen LogP contribution in [-0.4, -0.2) is 10.9 Å². The number of nitrogens with zero attached hydrogens (tertiary/aromatic N) is 1. The molecule has 1 N–H and O–H groups in total. The van der Waals surface area contributed by atoms with E-state index in [9.17, 15) is 4.79 Å². The van der Waals surface area contributed by atoms with Gasteiger partial charge in [-0.05, 0) is 72.1 Å². The number of aryl methyl sites for hydroxylation is 3. The molecule has 0 bridgehead atoms. The minimum atomic E-state index is -0.141. The molecule has 98 valence electrons. The molecule has 0 atom stereocenters. The second kappa shape index (κ2) is 5.53. The quantitative estimate of drug-likeness (QED) is 0.908. The number of carbonyl (C=O) groups is 1. The zero-order valence-corrected chi connectivity index (χ0v) is 12.7. The molecule has 0 aliphatic rings. The molecular formula is C15H15BrN2O. The first kappa shape index (κ1) is 13.7. The van der Waals surface area contributed by atoms with Crippen LogP contribution in [-0.2, 0) is 0 Å². The Morgan fingerprint density at radius 3 is 2.47 bits per heavy atom. The normalized spacial score (nSPS) is 10.3. The molecule has 0 spiro atoms. The molecule has 3 nitrogen and oxygen atoms in total. The van der Waals surface area contributed by atoms with Crippen molar-refractivity contribution in [3.05, 3.63) is 57.2 Å². The van der Waals surface area contributed by atoms with E-state index in [2.05, 4.69) is 26.2 Å². The van der Waals surface area contributed by atoms with E-state index in [1.54, 1.807) is 6.07 Å². The van der Waals surface area contributed by atoms with Gasteiger partial charge in [-0.25, -0.2) is 4.98 Å². The Kier molecular flexibility index (Phi) is 4.00. The number of aromatic nitrogens is 1. The van der Waals surface area contributed by atoms with Crippen LogP contribution in [0.25, 0.3) is 0 Å². The van der Waals surface area contributed by atoms with E-state index in [0.29, 0.717) is 11.4 Å². The molecule has 0 saturated heterocycles. The highest BCUT2D eigenvalue weighted by Gasteiger charge is 2.08. The smallest absolute Gasteiger partial charge is 0.256 e. The minimum Gasteiger partial charge on any atom is -0.307 e. The Morgan fingerprint density at radius 2 is 1.84 bits per heavy atom. The van der Waals surface area contributed by atoms with E-state index in [4.69, 9.17) is 0 Å². The van der Waals surface area contributed by atoms with Gasteiger partial charge in [-0.1, -0.05) is 6.07 Å². The summed E-state index contributed by atoms with van der Waals surface area (Å²) >= 11 is 3.38. The van der Waals surface area contributed by atoms with E-state index in [0.717, 1.165) is 15.7 Å².